The third-order valence-electron chi connectivity index (χ3n) is 4.79. The van der Waals surface area contributed by atoms with Gasteiger partial charge in [-0.05, 0) is 31.2 Å². The minimum atomic E-state index is 0.754. The van der Waals surface area contributed by atoms with Gasteiger partial charge >= 0.3 is 0 Å². The van der Waals surface area contributed by atoms with E-state index in [-0.39, 0.29) is 0 Å². The molecule has 21 heavy (non-hydrogen) atoms. The summed E-state index contributed by atoms with van der Waals surface area (Å²) in [4.78, 5) is 5.50. The van der Waals surface area contributed by atoms with E-state index in [0.29, 0.717) is 0 Å². The zero-order valence-corrected chi connectivity index (χ0v) is 13.8. The minimum Gasteiger partial charge on any atom is -0.480 e. The average Bonchev–Trinajstić information content (AvgIpc) is 3.09. The van der Waals surface area contributed by atoms with Crippen molar-refractivity contribution in [2.24, 2.45) is 11.8 Å². The zero-order chi connectivity index (χ0) is 14.7. The molecule has 116 valence electrons. The fourth-order valence-electron chi connectivity index (χ4n) is 3.38. The van der Waals surface area contributed by atoms with Crippen LogP contribution in [0.2, 0.25) is 0 Å². The molecule has 0 unspecified atom stereocenters. The van der Waals surface area contributed by atoms with Crippen LogP contribution in [-0.2, 0) is 6.54 Å². The lowest BCUT2D eigenvalue weighted by molar-refractivity contribution is 0.262. The summed E-state index contributed by atoms with van der Waals surface area (Å²) in [5.41, 5.74) is 1.14. The topological polar surface area (TPSA) is 38.6 Å². The van der Waals surface area contributed by atoms with E-state index in [1.54, 1.807) is 18.4 Å². The fourth-order valence-corrected chi connectivity index (χ4v) is 4.10. The summed E-state index contributed by atoms with van der Waals surface area (Å²) in [5, 5.41) is 5.68. The van der Waals surface area contributed by atoms with E-state index in [2.05, 4.69) is 33.2 Å². The number of nitrogens with zero attached hydrogens (tertiary/aromatic N) is 2. The lowest BCUT2D eigenvalue weighted by Crippen LogP contribution is -2.26. The molecule has 3 rings (SSSR count). The predicted octanol–water partition coefficient (Wildman–Crippen LogP) is 3.71. The van der Waals surface area contributed by atoms with Crippen molar-refractivity contribution in [3.05, 3.63) is 17.3 Å². The molecule has 0 aliphatic heterocycles. The molecule has 2 aromatic rings. The predicted molar refractivity (Wildman–Crippen MR) is 87.1 cm³/mol. The summed E-state index contributed by atoms with van der Waals surface area (Å²) in [6.45, 7) is 4.26. The second-order valence-corrected chi connectivity index (χ2v) is 6.92. The summed E-state index contributed by atoms with van der Waals surface area (Å²) >= 11 is 1.65. The van der Waals surface area contributed by atoms with Gasteiger partial charge in [0, 0.05) is 18.1 Å². The molecule has 0 saturated heterocycles. The van der Waals surface area contributed by atoms with Gasteiger partial charge in [0.2, 0.25) is 5.88 Å². The summed E-state index contributed by atoms with van der Waals surface area (Å²) in [7, 11) is 1.70. The van der Waals surface area contributed by atoms with Crippen LogP contribution >= 0.6 is 11.3 Å². The Morgan fingerprint density at radius 1 is 1.33 bits per heavy atom. The van der Waals surface area contributed by atoms with Gasteiger partial charge in [-0.3, -0.25) is 4.40 Å². The third kappa shape index (κ3) is 3.24. The van der Waals surface area contributed by atoms with E-state index in [1.807, 2.05) is 0 Å². The van der Waals surface area contributed by atoms with Crippen LogP contribution in [0.25, 0.3) is 4.96 Å². The molecule has 0 atom stereocenters. The number of methoxy groups -OCH3 is 1. The number of ether oxygens (including phenoxy) is 1. The lowest BCUT2D eigenvalue weighted by atomic mass is 9.81. The van der Waals surface area contributed by atoms with E-state index in [0.717, 1.165) is 41.5 Å². The van der Waals surface area contributed by atoms with Crippen molar-refractivity contribution >= 4 is 16.3 Å². The molecule has 0 radical (unpaired) electrons. The van der Waals surface area contributed by atoms with Gasteiger partial charge in [-0.15, -0.1) is 11.3 Å². The molecule has 5 heteroatoms. The van der Waals surface area contributed by atoms with Crippen LogP contribution in [0.1, 0.15) is 44.7 Å². The highest BCUT2D eigenvalue weighted by Crippen LogP contribution is 2.30. The Balaban J connectivity index is 1.53. The normalized spacial score (nSPS) is 22.8. The Labute approximate surface area is 130 Å². The molecule has 2 aromatic heterocycles. The first-order valence-electron chi connectivity index (χ1n) is 8.01. The van der Waals surface area contributed by atoms with Crippen LogP contribution in [0.5, 0.6) is 5.88 Å². The molecule has 0 amide bonds. The van der Waals surface area contributed by atoms with Crippen LogP contribution in [0.3, 0.4) is 0 Å². The molecule has 1 aliphatic rings. The lowest BCUT2D eigenvalue weighted by Gasteiger charge is -2.27. The first kappa shape index (κ1) is 14.9. The first-order chi connectivity index (χ1) is 10.3. The number of nitrogens with one attached hydrogen (secondary N) is 1. The quantitative estimate of drug-likeness (QED) is 0.884. The number of rotatable bonds is 6. The Morgan fingerprint density at radius 3 is 2.81 bits per heavy atom. The molecule has 1 N–H and O–H groups in total. The van der Waals surface area contributed by atoms with Gasteiger partial charge in [0.1, 0.15) is 5.69 Å². The number of thiazole rings is 1. The largest absolute Gasteiger partial charge is 0.480 e. The van der Waals surface area contributed by atoms with E-state index in [9.17, 15) is 0 Å². The Kier molecular flexibility index (Phi) is 4.80. The fraction of sp³-hybridized carbons (Fsp3) is 0.688. The van der Waals surface area contributed by atoms with Crippen molar-refractivity contribution in [2.75, 3.05) is 13.7 Å². The first-order valence-corrected chi connectivity index (χ1v) is 8.89. The number of hydrogen-bond donors (Lipinski definition) is 1. The Morgan fingerprint density at radius 2 is 2.10 bits per heavy atom. The average molecular weight is 307 g/mol. The van der Waals surface area contributed by atoms with E-state index in [4.69, 9.17) is 4.74 Å². The van der Waals surface area contributed by atoms with Crippen LogP contribution in [-0.4, -0.2) is 23.0 Å². The Bertz CT molecular complexity index is 569. The molecule has 1 saturated carbocycles. The van der Waals surface area contributed by atoms with Crippen molar-refractivity contribution < 1.29 is 4.74 Å². The van der Waals surface area contributed by atoms with Gasteiger partial charge in [-0.25, -0.2) is 0 Å². The van der Waals surface area contributed by atoms with Crippen LogP contribution in [0.4, 0.5) is 0 Å². The smallest absolute Gasteiger partial charge is 0.237 e. The number of aromatic nitrogens is 2. The highest BCUT2D eigenvalue weighted by Gasteiger charge is 2.20. The van der Waals surface area contributed by atoms with Gasteiger partial charge in [0.05, 0.1) is 7.11 Å². The van der Waals surface area contributed by atoms with Crippen LogP contribution < -0.4 is 10.1 Å². The second-order valence-electron chi connectivity index (χ2n) is 6.05. The Hall–Kier alpha value is -1.07. The molecular weight excluding hydrogens is 282 g/mol. The van der Waals surface area contributed by atoms with Crippen LogP contribution in [0, 0.1) is 11.8 Å². The molecule has 2 heterocycles. The number of hydrogen-bond acceptors (Lipinski definition) is 4. The molecule has 4 nitrogen and oxygen atoms in total. The highest BCUT2D eigenvalue weighted by molar-refractivity contribution is 7.15. The van der Waals surface area contributed by atoms with Gasteiger partial charge in [-0.2, -0.15) is 4.98 Å². The van der Waals surface area contributed by atoms with Crippen molar-refractivity contribution in [3.63, 3.8) is 0 Å². The number of imidazole rings is 1. The molecule has 0 spiro atoms. The molecule has 0 bridgehead atoms. The maximum absolute atomic E-state index is 5.39. The summed E-state index contributed by atoms with van der Waals surface area (Å²) < 4.78 is 7.52. The standard InChI is InChI=1S/C16H25N3OS/c1-3-12-4-6-13(7-5-12)10-17-11-14-15(20-2)18-16-19(14)8-9-21-16/h8-9,12-13,17H,3-7,10-11H2,1-2H3. The summed E-state index contributed by atoms with van der Waals surface area (Å²) in [5.74, 6) is 2.57. The van der Waals surface area contributed by atoms with Gasteiger partial charge in [-0.1, -0.05) is 26.2 Å². The van der Waals surface area contributed by atoms with Crippen LogP contribution in [0.15, 0.2) is 11.6 Å². The van der Waals surface area contributed by atoms with Gasteiger partial charge < -0.3 is 10.1 Å². The molecule has 1 fully saturated rings. The maximum Gasteiger partial charge on any atom is 0.237 e. The summed E-state index contributed by atoms with van der Waals surface area (Å²) in [6.07, 6.45) is 9.00. The minimum absolute atomic E-state index is 0.754. The van der Waals surface area contributed by atoms with Crippen molar-refractivity contribution in [2.45, 2.75) is 45.6 Å². The summed E-state index contributed by atoms with van der Waals surface area (Å²) in [6, 6.07) is 0. The third-order valence-corrected chi connectivity index (χ3v) is 5.54. The van der Waals surface area contributed by atoms with Crippen molar-refractivity contribution in [1.29, 1.82) is 0 Å². The van der Waals surface area contributed by atoms with E-state index < -0.39 is 0 Å². The monoisotopic (exact) mass is 307 g/mol. The molecular formula is C16H25N3OS. The van der Waals surface area contributed by atoms with Gasteiger partial charge in [0.15, 0.2) is 4.96 Å². The molecule has 0 aromatic carbocycles. The SMILES string of the molecule is CCC1CCC(CNCc2c(OC)nc3sccn23)CC1. The van der Waals surface area contributed by atoms with Crippen molar-refractivity contribution in [1.82, 2.24) is 14.7 Å². The molecule has 1 aliphatic carbocycles. The van der Waals surface area contributed by atoms with Gasteiger partial charge in [0.25, 0.3) is 0 Å². The maximum atomic E-state index is 5.39. The zero-order valence-electron chi connectivity index (χ0n) is 13.0. The second kappa shape index (κ2) is 6.79. The number of fused-ring (bicyclic) bond motifs is 1. The van der Waals surface area contributed by atoms with Crippen molar-refractivity contribution in [3.8, 4) is 5.88 Å². The highest BCUT2D eigenvalue weighted by atomic mass is 32.1. The van der Waals surface area contributed by atoms with E-state index in [1.165, 1.54) is 32.1 Å². The van der Waals surface area contributed by atoms with E-state index >= 15 is 0 Å².